The SMILES string of the molecule is Nc1cccc(N(CCO)CC(F)(F)F)n1. The minimum Gasteiger partial charge on any atom is -0.395 e. The van der Waals surface area contributed by atoms with Crippen molar-refractivity contribution >= 4 is 11.6 Å². The molecule has 0 saturated heterocycles. The summed E-state index contributed by atoms with van der Waals surface area (Å²) in [5.41, 5.74) is 5.37. The van der Waals surface area contributed by atoms with E-state index >= 15 is 0 Å². The predicted molar refractivity (Wildman–Crippen MR) is 54.0 cm³/mol. The molecule has 0 unspecified atom stereocenters. The van der Waals surface area contributed by atoms with Crippen molar-refractivity contribution in [1.29, 1.82) is 0 Å². The number of hydrogen-bond acceptors (Lipinski definition) is 4. The Morgan fingerprint density at radius 3 is 2.56 bits per heavy atom. The fraction of sp³-hybridized carbons (Fsp3) is 0.444. The van der Waals surface area contributed by atoms with E-state index in [9.17, 15) is 13.2 Å². The summed E-state index contributed by atoms with van der Waals surface area (Å²) in [5, 5.41) is 8.70. The molecule has 0 aliphatic carbocycles. The standard InChI is InChI=1S/C9H12F3N3O/c10-9(11,12)6-15(4-5-16)8-3-1-2-7(13)14-8/h1-3,16H,4-6H2,(H2,13,14). The van der Waals surface area contributed by atoms with Gasteiger partial charge in [0, 0.05) is 6.54 Å². The maximum atomic E-state index is 12.2. The monoisotopic (exact) mass is 235 g/mol. The van der Waals surface area contributed by atoms with Crippen LogP contribution in [0.15, 0.2) is 18.2 Å². The summed E-state index contributed by atoms with van der Waals surface area (Å²) in [6.45, 7) is -1.69. The van der Waals surface area contributed by atoms with Crippen molar-refractivity contribution in [1.82, 2.24) is 4.98 Å². The first-order chi connectivity index (χ1) is 7.42. The second-order valence-electron chi connectivity index (χ2n) is 3.18. The second kappa shape index (κ2) is 5.02. The van der Waals surface area contributed by atoms with Gasteiger partial charge in [-0.2, -0.15) is 13.2 Å². The molecule has 3 N–H and O–H groups in total. The predicted octanol–water partition coefficient (Wildman–Crippen LogP) is 1.02. The average molecular weight is 235 g/mol. The summed E-state index contributed by atoms with van der Waals surface area (Å²) in [6.07, 6.45) is -4.35. The van der Waals surface area contributed by atoms with E-state index in [4.69, 9.17) is 10.8 Å². The van der Waals surface area contributed by atoms with Crippen molar-refractivity contribution in [2.24, 2.45) is 0 Å². The van der Waals surface area contributed by atoms with E-state index in [1.807, 2.05) is 0 Å². The summed E-state index contributed by atoms with van der Waals surface area (Å²) in [7, 11) is 0. The van der Waals surface area contributed by atoms with Crippen molar-refractivity contribution in [3.05, 3.63) is 18.2 Å². The van der Waals surface area contributed by atoms with E-state index < -0.39 is 12.7 Å². The Balaban J connectivity index is 2.85. The van der Waals surface area contributed by atoms with Gasteiger partial charge in [-0.25, -0.2) is 4.98 Å². The molecular formula is C9H12F3N3O. The number of aromatic nitrogens is 1. The molecule has 0 spiro atoms. The zero-order chi connectivity index (χ0) is 12.2. The zero-order valence-electron chi connectivity index (χ0n) is 8.41. The first-order valence-corrected chi connectivity index (χ1v) is 4.57. The van der Waals surface area contributed by atoms with Crippen LogP contribution >= 0.6 is 0 Å². The molecule has 16 heavy (non-hydrogen) atoms. The van der Waals surface area contributed by atoms with Crippen LogP contribution in [0.5, 0.6) is 0 Å². The number of pyridine rings is 1. The lowest BCUT2D eigenvalue weighted by Crippen LogP contribution is -2.36. The fourth-order valence-corrected chi connectivity index (χ4v) is 1.23. The highest BCUT2D eigenvalue weighted by atomic mass is 19.4. The number of aliphatic hydroxyl groups excluding tert-OH is 1. The van der Waals surface area contributed by atoms with Crippen LogP contribution in [0, 0.1) is 0 Å². The van der Waals surface area contributed by atoms with Gasteiger partial charge in [0.1, 0.15) is 18.2 Å². The van der Waals surface area contributed by atoms with E-state index in [1.165, 1.54) is 18.2 Å². The zero-order valence-corrected chi connectivity index (χ0v) is 8.41. The lowest BCUT2D eigenvalue weighted by atomic mass is 10.4. The van der Waals surface area contributed by atoms with E-state index in [0.717, 1.165) is 4.90 Å². The van der Waals surface area contributed by atoms with Crippen LogP contribution in [-0.2, 0) is 0 Å². The van der Waals surface area contributed by atoms with Crippen LogP contribution in [0.1, 0.15) is 0 Å². The van der Waals surface area contributed by atoms with Gasteiger partial charge in [0.15, 0.2) is 0 Å². The summed E-state index contributed by atoms with van der Waals surface area (Å²) in [5.74, 6) is 0.244. The normalized spacial score (nSPS) is 11.5. The number of nitrogen functional groups attached to an aromatic ring is 1. The minimum absolute atomic E-state index is 0.103. The van der Waals surface area contributed by atoms with Gasteiger partial charge in [-0.15, -0.1) is 0 Å². The van der Waals surface area contributed by atoms with Crippen LogP contribution in [0.25, 0.3) is 0 Å². The molecule has 90 valence electrons. The largest absolute Gasteiger partial charge is 0.405 e. The molecule has 1 aromatic heterocycles. The average Bonchev–Trinajstić information content (AvgIpc) is 2.15. The Morgan fingerprint density at radius 1 is 1.38 bits per heavy atom. The lowest BCUT2D eigenvalue weighted by Gasteiger charge is -2.24. The summed E-state index contributed by atoms with van der Waals surface area (Å²) in [6, 6.07) is 4.41. The van der Waals surface area contributed by atoms with Crippen molar-refractivity contribution in [2.45, 2.75) is 6.18 Å². The molecular weight excluding hydrogens is 223 g/mol. The van der Waals surface area contributed by atoms with E-state index in [0.29, 0.717) is 0 Å². The number of alkyl halides is 3. The molecule has 0 saturated carbocycles. The highest BCUT2D eigenvalue weighted by Gasteiger charge is 2.31. The Hall–Kier alpha value is -1.50. The molecule has 4 nitrogen and oxygen atoms in total. The third-order valence-corrected chi connectivity index (χ3v) is 1.82. The molecule has 7 heteroatoms. The molecule has 1 aromatic rings. The van der Waals surface area contributed by atoms with E-state index in [-0.39, 0.29) is 24.8 Å². The molecule has 1 rings (SSSR count). The number of rotatable bonds is 4. The molecule has 1 heterocycles. The molecule has 0 bridgehead atoms. The van der Waals surface area contributed by atoms with Gasteiger partial charge < -0.3 is 15.7 Å². The maximum Gasteiger partial charge on any atom is 0.405 e. The van der Waals surface area contributed by atoms with Crippen molar-refractivity contribution in [2.75, 3.05) is 30.3 Å². The summed E-state index contributed by atoms with van der Waals surface area (Å²) >= 11 is 0. The number of hydrogen-bond donors (Lipinski definition) is 2. The van der Waals surface area contributed by atoms with Crippen LogP contribution in [0.4, 0.5) is 24.8 Å². The molecule has 0 aliphatic rings. The Labute approximate surface area is 90.5 Å². The highest BCUT2D eigenvalue weighted by Crippen LogP contribution is 2.20. The van der Waals surface area contributed by atoms with Gasteiger partial charge in [-0.05, 0) is 12.1 Å². The minimum atomic E-state index is -4.35. The van der Waals surface area contributed by atoms with Gasteiger partial charge in [0.25, 0.3) is 0 Å². The first-order valence-electron chi connectivity index (χ1n) is 4.57. The second-order valence-corrected chi connectivity index (χ2v) is 3.18. The Morgan fingerprint density at radius 2 is 2.06 bits per heavy atom. The van der Waals surface area contributed by atoms with Gasteiger partial charge in [-0.1, -0.05) is 6.07 Å². The van der Waals surface area contributed by atoms with Gasteiger partial charge >= 0.3 is 6.18 Å². The van der Waals surface area contributed by atoms with Crippen molar-refractivity contribution in [3.8, 4) is 0 Å². The molecule has 0 amide bonds. The number of nitrogens with zero attached hydrogens (tertiary/aromatic N) is 2. The first kappa shape index (κ1) is 12.6. The molecule has 0 aliphatic heterocycles. The Bertz CT molecular complexity index is 343. The summed E-state index contributed by atoms with van der Waals surface area (Å²) < 4.78 is 36.7. The Kier molecular flexibility index (Phi) is 3.94. The molecule has 0 atom stereocenters. The van der Waals surface area contributed by atoms with Crippen molar-refractivity contribution < 1.29 is 18.3 Å². The number of aliphatic hydroxyl groups is 1. The fourth-order valence-electron chi connectivity index (χ4n) is 1.23. The summed E-state index contributed by atoms with van der Waals surface area (Å²) in [4.78, 5) is 4.70. The molecule has 0 radical (unpaired) electrons. The van der Waals surface area contributed by atoms with Gasteiger partial charge in [0.05, 0.1) is 6.61 Å². The number of anilines is 2. The van der Waals surface area contributed by atoms with Crippen LogP contribution in [0.2, 0.25) is 0 Å². The lowest BCUT2D eigenvalue weighted by molar-refractivity contribution is -0.119. The number of nitrogens with two attached hydrogens (primary N) is 1. The molecule has 0 fully saturated rings. The maximum absolute atomic E-state index is 12.2. The van der Waals surface area contributed by atoms with Crippen LogP contribution in [0.3, 0.4) is 0 Å². The van der Waals surface area contributed by atoms with Crippen LogP contribution in [-0.4, -0.2) is 36.0 Å². The topological polar surface area (TPSA) is 62.4 Å². The van der Waals surface area contributed by atoms with E-state index in [2.05, 4.69) is 4.98 Å². The quantitative estimate of drug-likeness (QED) is 0.818. The van der Waals surface area contributed by atoms with Crippen molar-refractivity contribution in [3.63, 3.8) is 0 Å². The smallest absolute Gasteiger partial charge is 0.395 e. The molecule has 0 aromatic carbocycles. The third-order valence-electron chi connectivity index (χ3n) is 1.82. The number of halogens is 3. The van der Waals surface area contributed by atoms with E-state index in [1.54, 1.807) is 0 Å². The van der Waals surface area contributed by atoms with Crippen LogP contribution < -0.4 is 10.6 Å². The highest BCUT2D eigenvalue weighted by molar-refractivity contribution is 5.44. The third kappa shape index (κ3) is 3.93. The van der Waals surface area contributed by atoms with Gasteiger partial charge in [-0.3, -0.25) is 0 Å². The van der Waals surface area contributed by atoms with Gasteiger partial charge in [0.2, 0.25) is 0 Å².